The first kappa shape index (κ1) is 17.2. The summed E-state index contributed by atoms with van der Waals surface area (Å²) in [5.74, 6) is -0.0474. The van der Waals surface area contributed by atoms with Crippen molar-refractivity contribution in [3.63, 3.8) is 0 Å². The molecule has 0 saturated carbocycles. The highest BCUT2D eigenvalue weighted by molar-refractivity contribution is 7.18. The second-order valence-electron chi connectivity index (χ2n) is 6.79. The van der Waals surface area contributed by atoms with E-state index < -0.39 is 0 Å². The number of nitrogens with one attached hydrogen (secondary N) is 1. The minimum atomic E-state index is -0.0474. The SMILES string of the molecule is O=C(NCc1nc2ccccc2s1)c1ccc(CN2CCCCC2)cc1. The first-order valence-electron chi connectivity index (χ1n) is 9.22. The maximum absolute atomic E-state index is 12.4. The molecule has 1 amide bonds. The standard InChI is InChI=1S/C21H23N3OS/c25-21(22-14-20-23-18-6-2-3-7-19(18)26-20)17-10-8-16(9-11-17)15-24-12-4-1-5-13-24/h2-3,6-11H,1,4-5,12-15H2,(H,22,25). The monoisotopic (exact) mass is 365 g/mol. The lowest BCUT2D eigenvalue weighted by atomic mass is 10.1. The zero-order valence-corrected chi connectivity index (χ0v) is 15.6. The third-order valence-electron chi connectivity index (χ3n) is 4.81. The zero-order valence-electron chi connectivity index (χ0n) is 14.8. The highest BCUT2D eigenvalue weighted by Gasteiger charge is 2.11. The molecule has 0 spiro atoms. The number of carbonyl (C=O) groups excluding carboxylic acids is 1. The van der Waals surface area contributed by atoms with E-state index in [4.69, 9.17) is 0 Å². The molecule has 0 unspecified atom stereocenters. The number of hydrogen-bond donors (Lipinski definition) is 1. The molecule has 3 aromatic rings. The van der Waals surface area contributed by atoms with E-state index >= 15 is 0 Å². The van der Waals surface area contributed by atoms with Crippen molar-refractivity contribution < 1.29 is 4.79 Å². The van der Waals surface area contributed by atoms with Crippen molar-refractivity contribution in [1.82, 2.24) is 15.2 Å². The van der Waals surface area contributed by atoms with Gasteiger partial charge >= 0.3 is 0 Å². The molecule has 1 aromatic heterocycles. The van der Waals surface area contributed by atoms with E-state index in [-0.39, 0.29) is 5.91 Å². The van der Waals surface area contributed by atoms with E-state index in [1.165, 1.54) is 37.9 Å². The van der Waals surface area contributed by atoms with Crippen molar-refractivity contribution in [2.24, 2.45) is 0 Å². The summed E-state index contributed by atoms with van der Waals surface area (Å²) < 4.78 is 1.15. The van der Waals surface area contributed by atoms with Gasteiger partial charge in [-0.05, 0) is 55.8 Å². The Kier molecular flexibility index (Phi) is 5.27. The van der Waals surface area contributed by atoms with E-state index in [9.17, 15) is 4.79 Å². The number of rotatable bonds is 5. The normalized spacial score (nSPS) is 15.2. The van der Waals surface area contributed by atoms with E-state index in [1.807, 2.05) is 30.3 Å². The molecule has 4 nitrogen and oxygen atoms in total. The van der Waals surface area contributed by atoms with Crippen LogP contribution in [0, 0.1) is 0 Å². The van der Waals surface area contributed by atoms with Crippen LogP contribution < -0.4 is 5.32 Å². The number of para-hydroxylation sites is 1. The number of amides is 1. The van der Waals surface area contributed by atoms with Crippen molar-refractivity contribution in [1.29, 1.82) is 0 Å². The maximum Gasteiger partial charge on any atom is 0.251 e. The lowest BCUT2D eigenvalue weighted by Gasteiger charge is -2.26. The van der Waals surface area contributed by atoms with Gasteiger partial charge in [-0.25, -0.2) is 4.98 Å². The molecule has 1 aliphatic heterocycles. The molecule has 2 aromatic carbocycles. The van der Waals surface area contributed by atoms with Gasteiger partial charge in [0.15, 0.2) is 0 Å². The molecule has 0 atom stereocenters. The smallest absolute Gasteiger partial charge is 0.251 e. The lowest BCUT2D eigenvalue weighted by Crippen LogP contribution is -2.29. The minimum absolute atomic E-state index is 0.0474. The van der Waals surface area contributed by atoms with E-state index in [1.54, 1.807) is 11.3 Å². The third kappa shape index (κ3) is 4.11. The molecule has 0 bridgehead atoms. The molecule has 134 valence electrons. The van der Waals surface area contributed by atoms with E-state index in [2.05, 4.69) is 33.4 Å². The molecule has 1 saturated heterocycles. The largest absolute Gasteiger partial charge is 0.346 e. The highest BCUT2D eigenvalue weighted by atomic mass is 32.1. The summed E-state index contributed by atoms with van der Waals surface area (Å²) in [5, 5.41) is 3.91. The van der Waals surface area contributed by atoms with Gasteiger partial charge in [-0.2, -0.15) is 0 Å². The Bertz CT molecular complexity index is 849. The summed E-state index contributed by atoms with van der Waals surface area (Å²) in [5.41, 5.74) is 2.96. The van der Waals surface area contributed by atoms with Crippen molar-refractivity contribution in [2.45, 2.75) is 32.4 Å². The molecule has 0 radical (unpaired) electrons. The Hall–Kier alpha value is -2.24. The summed E-state index contributed by atoms with van der Waals surface area (Å²) in [7, 11) is 0. The number of thiazole rings is 1. The molecule has 5 heteroatoms. The summed E-state index contributed by atoms with van der Waals surface area (Å²) in [6, 6.07) is 16.0. The Labute approximate surface area is 157 Å². The zero-order chi connectivity index (χ0) is 17.8. The van der Waals surface area contributed by atoms with Crippen LogP contribution in [0.5, 0.6) is 0 Å². The molecule has 2 heterocycles. The number of benzene rings is 2. The molecular weight excluding hydrogens is 342 g/mol. The number of hydrogen-bond acceptors (Lipinski definition) is 4. The van der Waals surface area contributed by atoms with E-state index in [0.29, 0.717) is 12.1 Å². The maximum atomic E-state index is 12.4. The number of likely N-dealkylation sites (tertiary alicyclic amines) is 1. The van der Waals surface area contributed by atoms with Crippen LogP contribution in [0.4, 0.5) is 0 Å². The van der Waals surface area contributed by atoms with Crippen LogP contribution in [0.15, 0.2) is 48.5 Å². The van der Waals surface area contributed by atoms with Crippen molar-refractivity contribution >= 4 is 27.5 Å². The van der Waals surface area contributed by atoms with Gasteiger partial charge in [-0.3, -0.25) is 9.69 Å². The summed E-state index contributed by atoms with van der Waals surface area (Å²) in [6.45, 7) is 3.82. The quantitative estimate of drug-likeness (QED) is 0.737. The Morgan fingerprint density at radius 3 is 2.58 bits per heavy atom. The molecule has 1 fully saturated rings. The van der Waals surface area contributed by atoms with Crippen molar-refractivity contribution in [2.75, 3.05) is 13.1 Å². The Balaban J connectivity index is 1.33. The van der Waals surface area contributed by atoms with Crippen LogP contribution in [0.1, 0.15) is 40.2 Å². The van der Waals surface area contributed by atoms with Gasteiger partial charge in [-0.1, -0.05) is 30.7 Å². The first-order chi connectivity index (χ1) is 12.8. The van der Waals surface area contributed by atoms with Gasteiger partial charge in [0, 0.05) is 12.1 Å². The molecule has 26 heavy (non-hydrogen) atoms. The first-order valence-corrected chi connectivity index (χ1v) is 10.0. The Morgan fingerprint density at radius 1 is 1.04 bits per heavy atom. The second-order valence-corrected chi connectivity index (χ2v) is 7.91. The van der Waals surface area contributed by atoms with Gasteiger partial charge in [-0.15, -0.1) is 11.3 Å². The van der Waals surface area contributed by atoms with Crippen LogP contribution in [-0.4, -0.2) is 28.9 Å². The molecule has 1 aliphatic rings. The molecule has 4 rings (SSSR count). The van der Waals surface area contributed by atoms with E-state index in [0.717, 1.165) is 21.8 Å². The van der Waals surface area contributed by atoms with Crippen molar-refractivity contribution in [3.05, 3.63) is 64.7 Å². The fourth-order valence-electron chi connectivity index (χ4n) is 3.39. The number of aromatic nitrogens is 1. The summed E-state index contributed by atoms with van der Waals surface area (Å²) in [6.07, 6.45) is 3.95. The van der Waals surface area contributed by atoms with Gasteiger partial charge in [0.25, 0.3) is 5.91 Å². The second kappa shape index (κ2) is 7.98. The van der Waals surface area contributed by atoms with Crippen LogP contribution in [-0.2, 0) is 13.1 Å². The number of nitrogens with zero attached hydrogens (tertiary/aromatic N) is 2. The average Bonchev–Trinajstić information content (AvgIpc) is 3.10. The van der Waals surface area contributed by atoms with Crippen LogP contribution in [0.3, 0.4) is 0 Å². The molecule has 0 aliphatic carbocycles. The van der Waals surface area contributed by atoms with Gasteiger partial charge in [0.05, 0.1) is 16.8 Å². The molecule has 1 N–H and O–H groups in total. The highest BCUT2D eigenvalue weighted by Crippen LogP contribution is 2.21. The minimum Gasteiger partial charge on any atom is -0.346 e. The van der Waals surface area contributed by atoms with Gasteiger partial charge in [0.1, 0.15) is 5.01 Å². The summed E-state index contributed by atoms with van der Waals surface area (Å²) in [4.78, 5) is 19.4. The number of carbonyl (C=O) groups is 1. The fraction of sp³-hybridized carbons (Fsp3) is 0.333. The number of piperidine rings is 1. The predicted molar refractivity (Wildman–Crippen MR) is 106 cm³/mol. The topological polar surface area (TPSA) is 45.2 Å². The van der Waals surface area contributed by atoms with Gasteiger partial charge < -0.3 is 5.32 Å². The molecular formula is C21H23N3OS. The van der Waals surface area contributed by atoms with Crippen molar-refractivity contribution in [3.8, 4) is 0 Å². The van der Waals surface area contributed by atoms with Crippen LogP contribution in [0.25, 0.3) is 10.2 Å². The lowest BCUT2D eigenvalue weighted by molar-refractivity contribution is 0.0951. The summed E-state index contributed by atoms with van der Waals surface area (Å²) >= 11 is 1.62. The van der Waals surface area contributed by atoms with Gasteiger partial charge in [0.2, 0.25) is 0 Å². The third-order valence-corrected chi connectivity index (χ3v) is 5.85. The Morgan fingerprint density at radius 2 is 1.81 bits per heavy atom. The fourth-order valence-corrected chi connectivity index (χ4v) is 4.30. The predicted octanol–water partition coefficient (Wildman–Crippen LogP) is 4.21. The van der Waals surface area contributed by atoms with Crippen LogP contribution in [0.2, 0.25) is 0 Å². The average molecular weight is 366 g/mol. The van der Waals surface area contributed by atoms with Crippen LogP contribution >= 0.6 is 11.3 Å². The number of fused-ring (bicyclic) bond motifs is 1.